The Morgan fingerprint density at radius 1 is 1.13 bits per heavy atom. The van der Waals surface area contributed by atoms with Gasteiger partial charge in [0.1, 0.15) is 0 Å². The minimum atomic E-state index is -3.38. The Balaban J connectivity index is 1.34. The van der Waals surface area contributed by atoms with Crippen molar-refractivity contribution in [2.24, 2.45) is 0 Å². The van der Waals surface area contributed by atoms with Crippen molar-refractivity contribution in [1.29, 1.82) is 5.26 Å². The van der Waals surface area contributed by atoms with E-state index < -0.39 is 10.0 Å². The molecule has 0 unspecified atom stereocenters. The van der Waals surface area contributed by atoms with Gasteiger partial charge in [0.15, 0.2) is 0 Å². The molecule has 0 aliphatic rings. The minimum absolute atomic E-state index is 0.0168. The summed E-state index contributed by atoms with van der Waals surface area (Å²) in [6.45, 7) is 2.61. The molecule has 0 aliphatic carbocycles. The van der Waals surface area contributed by atoms with Gasteiger partial charge in [-0.25, -0.2) is 27.4 Å². The van der Waals surface area contributed by atoms with Crippen molar-refractivity contribution in [2.45, 2.75) is 26.3 Å². The summed E-state index contributed by atoms with van der Waals surface area (Å²) in [6, 6.07) is 13.7. The number of hydrogen-bond acceptors (Lipinski definition) is 9. The average Bonchev–Trinajstić information content (AvgIpc) is 3.73. The minimum Gasteiger partial charge on any atom is -0.324 e. The van der Waals surface area contributed by atoms with Gasteiger partial charge in [-0.15, -0.1) is 11.3 Å². The Kier molecular flexibility index (Phi) is 7.97. The molecular weight excluding hydrogens is 534 g/mol. The fourth-order valence-electron chi connectivity index (χ4n) is 4.09. The molecule has 0 atom stereocenters. The molecule has 1 N–H and O–H groups in total. The molecule has 5 rings (SSSR count). The number of anilines is 2. The molecule has 1 aromatic carbocycles. The molecular formula is C26H27N9O2S2. The number of fused-ring (bicyclic) bond motifs is 1. The van der Waals surface area contributed by atoms with E-state index in [1.807, 2.05) is 54.2 Å². The average molecular weight is 562 g/mol. The van der Waals surface area contributed by atoms with Gasteiger partial charge >= 0.3 is 0 Å². The molecule has 39 heavy (non-hydrogen) atoms. The molecule has 0 spiro atoms. The van der Waals surface area contributed by atoms with Crippen LogP contribution in [0.25, 0.3) is 27.2 Å². The van der Waals surface area contributed by atoms with Gasteiger partial charge < -0.3 is 5.32 Å². The second kappa shape index (κ2) is 11.7. The number of benzene rings is 1. The molecule has 0 amide bonds. The third-order valence-electron chi connectivity index (χ3n) is 6.14. The summed E-state index contributed by atoms with van der Waals surface area (Å²) in [5.74, 6) is 0.483. The lowest BCUT2D eigenvalue weighted by atomic mass is 10.2. The topological polar surface area (TPSA) is 135 Å². The van der Waals surface area contributed by atoms with Gasteiger partial charge in [-0.3, -0.25) is 4.68 Å². The van der Waals surface area contributed by atoms with Crippen LogP contribution >= 0.6 is 11.3 Å². The fourth-order valence-corrected chi connectivity index (χ4v) is 6.07. The third-order valence-corrected chi connectivity index (χ3v) is 8.93. The quantitative estimate of drug-likeness (QED) is 0.221. The van der Waals surface area contributed by atoms with Gasteiger partial charge in [-0.2, -0.15) is 15.5 Å². The molecule has 0 aliphatic heterocycles. The third kappa shape index (κ3) is 6.14. The van der Waals surface area contributed by atoms with E-state index in [2.05, 4.69) is 26.6 Å². The lowest BCUT2D eigenvalue weighted by Gasteiger charge is -2.20. The molecule has 0 fully saturated rings. The summed E-state index contributed by atoms with van der Waals surface area (Å²) in [5, 5.41) is 22.8. The van der Waals surface area contributed by atoms with Gasteiger partial charge in [0, 0.05) is 49.4 Å². The normalized spacial score (nSPS) is 11.7. The smallest absolute Gasteiger partial charge is 0.228 e. The second-order valence-corrected chi connectivity index (χ2v) is 11.9. The number of nitrogens with one attached hydrogen (secondary N) is 1. The molecule has 4 aromatic heterocycles. The molecule has 0 saturated carbocycles. The van der Waals surface area contributed by atoms with E-state index in [-0.39, 0.29) is 12.3 Å². The van der Waals surface area contributed by atoms with E-state index in [4.69, 9.17) is 10.2 Å². The van der Waals surface area contributed by atoms with E-state index in [9.17, 15) is 8.42 Å². The number of unbranched alkanes of at least 4 members (excludes halogenated alkanes) is 1. The molecule has 0 radical (unpaired) electrons. The van der Waals surface area contributed by atoms with Crippen molar-refractivity contribution in [1.82, 2.24) is 33.8 Å². The number of nitriles is 1. The monoisotopic (exact) mass is 561 g/mol. The summed E-state index contributed by atoms with van der Waals surface area (Å²) in [6.07, 6.45) is 8.04. The number of rotatable bonds is 12. The van der Waals surface area contributed by atoms with Gasteiger partial charge in [-0.1, -0.05) is 0 Å². The van der Waals surface area contributed by atoms with Crippen molar-refractivity contribution in [3.05, 3.63) is 66.6 Å². The highest BCUT2D eigenvalue weighted by Crippen LogP contribution is 2.31. The second-order valence-electron chi connectivity index (χ2n) is 8.71. The van der Waals surface area contributed by atoms with E-state index in [0.29, 0.717) is 31.9 Å². The van der Waals surface area contributed by atoms with Crippen molar-refractivity contribution >= 4 is 43.2 Å². The van der Waals surface area contributed by atoms with Crippen LogP contribution in [0.15, 0.2) is 66.6 Å². The summed E-state index contributed by atoms with van der Waals surface area (Å²) in [5.41, 5.74) is 4.19. The van der Waals surface area contributed by atoms with Gasteiger partial charge in [0.2, 0.25) is 16.0 Å². The predicted octanol–water partition coefficient (Wildman–Crippen LogP) is 4.44. The van der Waals surface area contributed by atoms with Crippen LogP contribution in [0.1, 0.15) is 19.8 Å². The molecule has 200 valence electrons. The van der Waals surface area contributed by atoms with Crippen LogP contribution in [-0.2, 0) is 16.6 Å². The van der Waals surface area contributed by atoms with Crippen LogP contribution in [-0.4, -0.2) is 61.1 Å². The Bertz CT molecular complexity index is 1690. The number of hydrogen-bond donors (Lipinski definition) is 1. The first-order valence-electron chi connectivity index (χ1n) is 12.5. The van der Waals surface area contributed by atoms with Gasteiger partial charge in [0.25, 0.3) is 0 Å². The first-order chi connectivity index (χ1) is 19.0. The lowest BCUT2D eigenvalue weighted by molar-refractivity contribution is 0.380. The molecule has 0 saturated heterocycles. The van der Waals surface area contributed by atoms with E-state index >= 15 is 0 Å². The van der Waals surface area contributed by atoms with Crippen LogP contribution in [0.2, 0.25) is 0 Å². The number of sulfonamides is 1. The largest absolute Gasteiger partial charge is 0.324 e. The highest BCUT2D eigenvalue weighted by Gasteiger charge is 2.20. The van der Waals surface area contributed by atoms with Crippen LogP contribution in [0.5, 0.6) is 0 Å². The Morgan fingerprint density at radius 2 is 1.97 bits per heavy atom. The molecule has 5 aromatic rings. The molecule has 13 heteroatoms. The molecule has 11 nitrogen and oxygen atoms in total. The summed E-state index contributed by atoms with van der Waals surface area (Å²) in [4.78, 5) is 9.48. The van der Waals surface area contributed by atoms with Gasteiger partial charge in [0.05, 0.1) is 46.2 Å². The zero-order chi connectivity index (χ0) is 27.2. The first kappa shape index (κ1) is 26.5. The van der Waals surface area contributed by atoms with Crippen LogP contribution in [0, 0.1) is 11.3 Å². The standard InChI is InChI=1S/C26H27N9O2S2/c1-2-39(36,37)34(13-4-3-11-27)16-15-33-19-20(18-29-33)24-25-23(10-17-38-25)31-26(32-24)30-21-6-8-22(9-7-21)35-14-5-12-28-35/h5-10,12,14,17-19H,2-4,13,15-16H2,1H3,(H,30,31,32). The highest BCUT2D eigenvalue weighted by atomic mass is 32.2. The first-order valence-corrected chi connectivity index (χ1v) is 15.0. The van der Waals surface area contributed by atoms with Crippen molar-refractivity contribution < 1.29 is 8.42 Å². The lowest BCUT2D eigenvalue weighted by Crippen LogP contribution is -2.36. The maximum Gasteiger partial charge on any atom is 0.228 e. The van der Waals surface area contributed by atoms with E-state index in [0.717, 1.165) is 32.8 Å². The Hall–Kier alpha value is -4.12. The summed E-state index contributed by atoms with van der Waals surface area (Å²) < 4.78 is 30.9. The fraction of sp³-hybridized carbons (Fsp3) is 0.269. The zero-order valence-corrected chi connectivity index (χ0v) is 22.9. The summed E-state index contributed by atoms with van der Waals surface area (Å²) in [7, 11) is -3.38. The number of nitrogens with zero attached hydrogens (tertiary/aromatic N) is 8. The summed E-state index contributed by atoms with van der Waals surface area (Å²) >= 11 is 1.56. The van der Waals surface area contributed by atoms with Crippen LogP contribution in [0.3, 0.4) is 0 Å². The maximum atomic E-state index is 12.5. The SMILES string of the molecule is CCS(=O)(=O)N(CCCC#N)CCn1cc(-c2nc(Nc3ccc(-n4cccn4)cc3)nc3ccsc23)cn1. The van der Waals surface area contributed by atoms with Crippen molar-refractivity contribution in [2.75, 3.05) is 24.2 Å². The maximum absolute atomic E-state index is 12.5. The van der Waals surface area contributed by atoms with Gasteiger partial charge in [-0.05, 0) is 55.1 Å². The van der Waals surface area contributed by atoms with Crippen LogP contribution in [0.4, 0.5) is 11.6 Å². The Morgan fingerprint density at radius 3 is 2.72 bits per heavy atom. The Labute approximate surface area is 230 Å². The van der Waals surface area contributed by atoms with E-state index in [1.165, 1.54) is 4.31 Å². The molecule has 0 bridgehead atoms. The van der Waals surface area contributed by atoms with Crippen molar-refractivity contribution in [3.8, 4) is 23.0 Å². The van der Waals surface area contributed by atoms with E-state index in [1.54, 1.807) is 40.0 Å². The number of thiophene rings is 1. The zero-order valence-electron chi connectivity index (χ0n) is 21.3. The molecule has 4 heterocycles. The highest BCUT2D eigenvalue weighted by molar-refractivity contribution is 7.89. The van der Waals surface area contributed by atoms with Crippen LogP contribution < -0.4 is 5.32 Å². The number of aromatic nitrogens is 6. The predicted molar refractivity (Wildman–Crippen MR) is 151 cm³/mol. The van der Waals surface area contributed by atoms with Crippen molar-refractivity contribution in [3.63, 3.8) is 0 Å².